The summed E-state index contributed by atoms with van der Waals surface area (Å²) in [5, 5.41) is 11.8. The Bertz CT molecular complexity index is 675. The van der Waals surface area contributed by atoms with Crippen molar-refractivity contribution in [3.8, 4) is 6.07 Å². The molecule has 5 heteroatoms. The first kappa shape index (κ1) is 13.6. The molecule has 0 unspecified atom stereocenters. The Morgan fingerprint density at radius 3 is 2.55 bits per heavy atom. The van der Waals surface area contributed by atoms with E-state index >= 15 is 0 Å². The number of nitriles is 1. The van der Waals surface area contributed by atoms with Crippen molar-refractivity contribution in [1.29, 1.82) is 5.26 Å². The van der Waals surface area contributed by atoms with E-state index in [2.05, 4.69) is 5.32 Å². The van der Waals surface area contributed by atoms with E-state index < -0.39 is 5.91 Å². The highest BCUT2D eigenvalue weighted by Crippen LogP contribution is 2.14. The number of hydrogen-bond donors (Lipinski definition) is 2. The first-order chi connectivity index (χ1) is 9.60. The Morgan fingerprint density at radius 1 is 1.25 bits per heavy atom. The number of nitrogens with one attached hydrogen (secondary N) is 1. The number of nitrogens with zero attached hydrogens (tertiary/aromatic N) is 1. The van der Waals surface area contributed by atoms with Gasteiger partial charge in [-0.05, 0) is 42.5 Å². The molecule has 0 saturated carbocycles. The molecule has 2 aromatic rings. The molecule has 2 rings (SSSR count). The Kier molecular flexibility index (Phi) is 3.96. The van der Waals surface area contributed by atoms with E-state index in [4.69, 9.17) is 11.0 Å². The second-order valence-electron chi connectivity index (χ2n) is 4.21. The lowest BCUT2D eigenvalue weighted by Gasteiger charge is -2.08. The van der Waals surface area contributed by atoms with E-state index in [1.165, 1.54) is 18.2 Å². The largest absolute Gasteiger partial charge is 0.381 e. The van der Waals surface area contributed by atoms with Gasteiger partial charge in [0.1, 0.15) is 5.82 Å². The Hall–Kier alpha value is -2.87. The Balaban J connectivity index is 2.09. The van der Waals surface area contributed by atoms with Crippen LogP contribution in [-0.4, -0.2) is 5.91 Å². The van der Waals surface area contributed by atoms with Gasteiger partial charge in [0.05, 0.1) is 11.6 Å². The van der Waals surface area contributed by atoms with Crippen molar-refractivity contribution in [2.24, 2.45) is 5.73 Å². The van der Waals surface area contributed by atoms with Crippen molar-refractivity contribution >= 4 is 11.6 Å². The molecule has 0 aliphatic carbocycles. The van der Waals surface area contributed by atoms with Gasteiger partial charge in [0.15, 0.2) is 0 Å². The van der Waals surface area contributed by atoms with Crippen LogP contribution in [-0.2, 0) is 6.54 Å². The molecule has 100 valence electrons. The van der Waals surface area contributed by atoms with Crippen molar-refractivity contribution in [2.45, 2.75) is 6.54 Å². The van der Waals surface area contributed by atoms with E-state index in [0.717, 1.165) is 5.69 Å². The van der Waals surface area contributed by atoms with Gasteiger partial charge >= 0.3 is 0 Å². The number of primary amides is 1. The molecule has 0 saturated heterocycles. The van der Waals surface area contributed by atoms with Crippen molar-refractivity contribution in [2.75, 3.05) is 5.32 Å². The number of benzene rings is 2. The molecule has 0 fully saturated rings. The normalized spacial score (nSPS) is 9.80. The fourth-order valence-corrected chi connectivity index (χ4v) is 1.73. The number of carbonyl (C=O) groups is 1. The first-order valence-corrected chi connectivity index (χ1v) is 5.92. The van der Waals surface area contributed by atoms with Crippen molar-refractivity contribution in [1.82, 2.24) is 0 Å². The topological polar surface area (TPSA) is 78.9 Å². The minimum Gasteiger partial charge on any atom is -0.381 e. The van der Waals surface area contributed by atoms with Crippen LogP contribution in [0.1, 0.15) is 21.5 Å². The number of nitrogens with two attached hydrogens (primary N) is 1. The van der Waals surface area contributed by atoms with Gasteiger partial charge in [0.2, 0.25) is 5.91 Å². The van der Waals surface area contributed by atoms with Gasteiger partial charge in [-0.2, -0.15) is 5.26 Å². The van der Waals surface area contributed by atoms with Gasteiger partial charge in [-0.25, -0.2) is 4.39 Å². The smallest absolute Gasteiger partial charge is 0.248 e. The van der Waals surface area contributed by atoms with E-state index in [-0.39, 0.29) is 12.4 Å². The van der Waals surface area contributed by atoms with Crippen molar-refractivity contribution < 1.29 is 9.18 Å². The van der Waals surface area contributed by atoms with Crippen LogP contribution in [0.3, 0.4) is 0 Å². The lowest BCUT2D eigenvalue weighted by Crippen LogP contribution is -2.10. The van der Waals surface area contributed by atoms with E-state index in [1.54, 1.807) is 24.3 Å². The average Bonchev–Trinajstić information content (AvgIpc) is 2.47. The summed E-state index contributed by atoms with van der Waals surface area (Å²) in [5.74, 6) is -0.866. The van der Waals surface area contributed by atoms with E-state index in [9.17, 15) is 9.18 Å². The van der Waals surface area contributed by atoms with Gasteiger partial charge in [-0.3, -0.25) is 4.79 Å². The van der Waals surface area contributed by atoms with Crippen LogP contribution in [0.4, 0.5) is 10.1 Å². The maximum Gasteiger partial charge on any atom is 0.248 e. The van der Waals surface area contributed by atoms with E-state index in [1.807, 2.05) is 6.07 Å². The number of rotatable bonds is 4. The molecule has 0 radical (unpaired) electrons. The number of carbonyl (C=O) groups excluding carboxylic acids is 1. The van der Waals surface area contributed by atoms with Crippen molar-refractivity contribution in [3.05, 3.63) is 65.0 Å². The standard InChI is InChI=1S/C15H12FN3O/c16-14-6-1-10(8-17)7-12(14)9-19-13-4-2-11(3-5-13)15(18)20/h1-7,19H,9H2,(H2,18,20). The zero-order valence-electron chi connectivity index (χ0n) is 10.6. The van der Waals surface area contributed by atoms with Crippen LogP contribution < -0.4 is 11.1 Å². The molecule has 0 aliphatic rings. The lowest BCUT2D eigenvalue weighted by molar-refractivity contribution is 0.100. The minimum atomic E-state index is -0.496. The van der Waals surface area contributed by atoms with Crippen LogP contribution in [0, 0.1) is 17.1 Å². The average molecular weight is 269 g/mol. The fourth-order valence-electron chi connectivity index (χ4n) is 1.73. The fraction of sp³-hybridized carbons (Fsp3) is 0.0667. The highest BCUT2D eigenvalue weighted by atomic mass is 19.1. The maximum atomic E-state index is 13.6. The maximum absolute atomic E-state index is 13.6. The van der Waals surface area contributed by atoms with Gasteiger partial charge in [-0.15, -0.1) is 0 Å². The molecule has 0 heterocycles. The SMILES string of the molecule is N#Cc1ccc(F)c(CNc2ccc(C(N)=O)cc2)c1. The molecule has 0 aliphatic heterocycles. The molecule has 20 heavy (non-hydrogen) atoms. The molecule has 3 N–H and O–H groups in total. The second-order valence-corrected chi connectivity index (χ2v) is 4.21. The van der Waals surface area contributed by atoms with Gasteiger partial charge < -0.3 is 11.1 Å². The minimum absolute atomic E-state index is 0.247. The molecular formula is C15H12FN3O. The molecule has 0 spiro atoms. The Labute approximate surface area is 115 Å². The predicted molar refractivity (Wildman–Crippen MR) is 73.4 cm³/mol. The zero-order chi connectivity index (χ0) is 14.5. The summed E-state index contributed by atoms with van der Waals surface area (Å²) in [6.07, 6.45) is 0. The predicted octanol–water partition coefficient (Wildman–Crippen LogP) is 2.41. The third kappa shape index (κ3) is 3.12. The highest BCUT2D eigenvalue weighted by molar-refractivity contribution is 5.93. The molecule has 0 bridgehead atoms. The van der Waals surface area contributed by atoms with Crippen molar-refractivity contribution in [3.63, 3.8) is 0 Å². The quantitative estimate of drug-likeness (QED) is 0.894. The van der Waals surface area contributed by atoms with E-state index in [0.29, 0.717) is 16.7 Å². The molecule has 0 atom stereocenters. The third-order valence-electron chi connectivity index (χ3n) is 2.83. The summed E-state index contributed by atoms with van der Waals surface area (Å²) in [4.78, 5) is 10.9. The summed E-state index contributed by atoms with van der Waals surface area (Å²) in [5.41, 5.74) is 7.10. The first-order valence-electron chi connectivity index (χ1n) is 5.92. The van der Waals surface area contributed by atoms with Crippen LogP contribution in [0.5, 0.6) is 0 Å². The molecule has 2 aromatic carbocycles. The van der Waals surface area contributed by atoms with Crippen LogP contribution in [0.15, 0.2) is 42.5 Å². The summed E-state index contributed by atoms with van der Waals surface area (Å²) < 4.78 is 13.6. The second kappa shape index (κ2) is 5.85. The number of hydrogen-bond acceptors (Lipinski definition) is 3. The number of amides is 1. The van der Waals surface area contributed by atoms with Crippen LogP contribution in [0.25, 0.3) is 0 Å². The summed E-state index contributed by atoms with van der Waals surface area (Å²) in [6.45, 7) is 0.247. The number of halogens is 1. The number of anilines is 1. The van der Waals surface area contributed by atoms with Gasteiger partial charge in [0, 0.05) is 23.4 Å². The molecular weight excluding hydrogens is 257 g/mol. The third-order valence-corrected chi connectivity index (χ3v) is 2.83. The highest BCUT2D eigenvalue weighted by Gasteiger charge is 2.04. The van der Waals surface area contributed by atoms with Crippen LogP contribution >= 0.6 is 0 Å². The zero-order valence-corrected chi connectivity index (χ0v) is 10.6. The van der Waals surface area contributed by atoms with Gasteiger partial charge in [0.25, 0.3) is 0 Å². The molecule has 0 aromatic heterocycles. The summed E-state index contributed by atoms with van der Waals surface area (Å²) in [6, 6.07) is 12.7. The summed E-state index contributed by atoms with van der Waals surface area (Å²) >= 11 is 0. The monoisotopic (exact) mass is 269 g/mol. The molecule has 1 amide bonds. The Morgan fingerprint density at radius 2 is 1.95 bits per heavy atom. The van der Waals surface area contributed by atoms with Gasteiger partial charge in [-0.1, -0.05) is 0 Å². The van der Waals surface area contributed by atoms with Crippen LogP contribution in [0.2, 0.25) is 0 Å². The molecule has 4 nitrogen and oxygen atoms in total. The summed E-state index contributed by atoms with van der Waals surface area (Å²) in [7, 11) is 0. The lowest BCUT2D eigenvalue weighted by atomic mass is 10.1.